The molecule has 1 amide bonds. The lowest BCUT2D eigenvalue weighted by Crippen LogP contribution is -2.48. The number of carbonyl (C=O) groups excluding carboxylic acids is 2. The maximum atomic E-state index is 12.7. The molecule has 31 heavy (non-hydrogen) atoms. The standard InChI is InChI=1S/C27H31NO3/c1-2-11-31-26(30)22-5-9-24(10-6-22)28-25(29)21-3-7-23(8-4-21)27-15-18-12-19(16-27)14-20(13-18)17-27/h3-10,18-20H,2,11-17H2,1H3,(H,28,29). The van der Waals surface area contributed by atoms with E-state index in [1.807, 2.05) is 19.1 Å². The Morgan fingerprint density at radius 1 is 0.871 bits per heavy atom. The van der Waals surface area contributed by atoms with Crippen LogP contribution < -0.4 is 5.32 Å². The second-order valence-electron chi connectivity index (χ2n) is 9.94. The molecular formula is C27H31NO3. The van der Waals surface area contributed by atoms with E-state index in [0.717, 1.165) is 24.2 Å². The van der Waals surface area contributed by atoms with Crippen molar-refractivity contribution < 1.29 is 14.3 Å². The number of hydrogen-bond acceptors (Lipinski definition) is 3. The van der Waals surface area contributed by atoms with Crippen LogP contribution in [0.15, 0.2) is 48.5 Å². The van der Waals surface area contributed by atoms with Crippen molar-refractivity contribution in [2.45, 2.75) is 57.3 Å². The number of ether oxygens (including phenoxy) is 1. The molecule has 4 aliphatic carbocycles. The van der Waals surface area contributed by atoms with Crippen molar-refractivity contribution in [2.75, 3.05) is 11.9 Å². The molecule has 4 heteroatoms. The first-order valence-electron chi connectivity index (χ1n) is 11.7. The zero-order chi connectivity index (χ0) is 21.4. The number of carbonyl (C=O) groups is 2. The van der Waals surface area contributed by atoms with Crippen molar-refractivity contribution >= 4 is 17.6 Å². The Bertz CT molecular complexity index is 926. The van der Waals surface area contributed by atoms with Crippen LogP contribution >= 0.6 is 0 Å². The molecular weight excluding hydrogens is 386 g/mol. The van der Waals surface area contributed by atoms with Gasteiger partial charge in [-0.15, -0.1) is 0 Å². The van der Waals surface area contributed by atoms with Gasteiger partial charge < -0.3 is 10.1 Å². The third-order valence-electron chi connectivity index (χ3n) is 7.61. The van der Waals surface area contributed by atoms with Crippen molar-refractivity contribution in [3.05, 3.63) is 65.2 Å². The lowest BCUT2D eigenvalue weighted by molar-refractivity contribution is -0.00519. The Kier molecular flexibility index (Phi) is 5.33. The molecule has 0 saturated heterocycles. The third-order valence-corrected chi connectivity index (χ3v) is 7.61. The van der Waals surface area contributed by atoms with E-state index in [1.165, 1.54) is 44.1 Å². The van der Waals surface area contributed by atoms with Gasteiger partial charge in [0.05, 0.1) is 12.2 Å². The first-order chi connectivity index (χ1) is 15.0. The molecule has 0 aliphatic heterocycles. The molecule has 0 atom stereocenters. The normalized spacial score (nSPS) is 28.4. The van der Waals surface area contributed by atoms with Crippen molar-refractivity contribution in [3.8, 4) is 0 Å². The molecule has 0 spiro atoms. The Morgan fingerprint density at radius 2 is 1.42 bits per heavy atom. The van der Waals surface area contributed by atoms with E-state index in [-0.39, 0.29) is 11.9 Å². The summed E-state index contributed by atoms with van der Waals surface area (Å²) in [5, 5.41) is 2.93. The maximum Gasteiger partial charge on any atom is 0.338 e. The van der Waals surface area contributed by atoms with E-state index in [2.05, 4.69) is 17.4 Å². The minimum Gasteiger partial charge on any atom is -0.462 e. The zero-order valence-corrected chi connectivity index (χ0v) is 18.2. The van der Waals surface area contributed by atoms with Gasteiger partial charge in [0, 0.05) is 11.3 Å². The van der Waals surface area contributed by atoms with E-state index in [4.69, 9.17) is 4.74 Å². The minimum absolute atomic E-state index is 0.127. The van der Waals surface area contributed by atoms with Crippen LogP contribution in [0.1, 0.15) is 78.1 Å². The molecule has 0 unspecified atom stereocenters. The van der Waals surface area contributed by atoms with Crippen molar-refractivity contribution in [1.29, 1.82) is 0 Å². The van der Waals surface area contributed by atoms with E-state index in [9.17, 15) is 9.59 Å². The van der Waals surface area contributed by atoms with Gasteiger partial charge in [-0.1, -0.05) is 19.1 Å². The fraction of sp³-hybridized carbons (Fsp3) is 0.481. The van der Waals surface area contributed by atoms with Gasteiger partial charge in [-0.05, 0) is 110 Å². The van der Waals surface area contributed by atoms with Crippen LogP contribution in [0.25, 0.3) is 0 Å². The quantitative estimate of drug-likeness (QED) is 0.589. The molecule has 2 aromatic carbocycles. The Hall–Kier alpha value is -2.62. The first kappa shape index (κ1) is 20.3. The smallest absolute Gasteiger partial charge is 0.338 e. The van der Waals surface area contributed by atoms with Crippen LogP contribution in [-0.2, 0) is 10.2 Å². The van der Waals surface area contributed by atoms with Gasteiger partial charge in [-0.25, -0.2) is 4.79 Å². The molecule has 6 rings (SSSR count). The predicted molar refractivity (Wildman–Crippen MR) is 121 cm³/mol. The van der Waals surface area contributed by atoms with E-state index in [0.29, 0.717) is 28.8 Å². The number of hydrogen-bond donors (Lipinski definition) is 1. The summed E-state index contributed by atoms with van der Waals surface area (Å²) in [7, 11) is 0. The van der Waals surface area contributed by atoms with Gasteiger partial charge in [0.15, 0.2) is 0 Å². The molecule has 1 N–H and O–H groups in total. The van der Waals surface area contributed by atoms with Crippen LogP contribution in [0.5, 0.6) is 0 Å². The number of benzene rings is 2. The Morgan fingerprint density at radius 3 is 1.97 bits per heavy atom. The summed E-state index contributed by atoms with van der Waals surface area (Å²) in [6.45, 7) is 2.37. The highest BCUT2D eigenvalue weighted by molar-refractivity contribution is 6.04. The summed E-state index contributed by atoms with van der Waals surface area (Å²) in [4.78, 5) is 24.6. The average molecular weight is 418 g/mol. The Balaban J connectivity index is 1.24. The van der Waals surface area contributed by atoms with Gasteiger partial charge in [0.1, 0.15) is 0 Å². The summed E-state index contributed by atoms with van der Waals surface area (Å²) < 4.78 is 5.14. The van der Waals surface area contributed by atoms with Crippen molar-refractivity contribution in [1.82, 2.24) is 0 Å². The summed E-state index contributed by atoms with van der Waals surface area (Å²) in [5.41, 5.74) is 3.61. The predicted octanol–water partition coefficient (Wildman–Crippen LogP) is 5.97. The number of anilines is 1. The lowest BCUT2D eigenvalue weighted by atomic mass is 9.48. The number of esters is 1. The van der Waals surface area contributed by atoms with Crippen LogP contribution in [0, 0.1) is 17.8 Å². The van der Waals surface area contributed by atoms with Crippen LogP contribution in [0.3, 0.4) is 0 Å². The molecule has 0 radical (unpaired) electrons. The second-order valence-corrected chi connectivity index (χ2v) is 9.94. The SMILES string of the molecule is CCCOC(=O)c1ccc(NC(=O)c2ccc(C34CC5CC(CC(C5)C3)C4)cc2)cc1. The zero-order valence-electron chi connectivity index (χ0n) is 18.2. The summed E-state index contributed by atoms with van der Waals surface area (Å²) in [5.74, 6) is 2.28. The van der Waals surface area contributed by atoms with Crippen LogP contribution in [0.4, 0.5) is 5.69 Å². The van der Waals surface area contributed by atoms with E-state index in [1.54, 1.807) is 24.3 Å². The fourth-order valence-electron chi connectivity index (χ4n) is 6.61. The highest BCUT2D eigenvalue weighted by atomic mass is 16.5. The molecule has 4 nitrogen and oxygen atoms in total. The molecule has 4 fully saturated rings. The van der Waals surface area contributed by atoms with Crippen molar-refractivity contribution in [2.24, 2.45) is 17.8 Å². The molecule has 4 saturated carbocycles. The molecule has 0 aromatic heterocycles. The number of nitrogens with one attached hydrogen (secondary N) is 1. The van der Waals surface area contributed by atoms with Crippen LogP contribution in [-0.4, -0.2) is 18.5 Å². The number of amides is 1. The first-order valence-corrected chi connectivity index (χ1v) is 11.7. The van der Waals surface area contributed by atoms with Gasteiger partial charge in [0.25, 0.3) is 5.91 Å². The van der Waals surface area contributed by atoms with Gasteiger partial charge in [0.2, 0.25) is 0 Å². The average Bonchev–Trinajstić information content (AvgIpc) is 2.77. The largest absolute Gasteiger partial charge is 0.462 e. The van der Waals surface area contributed by atoms with E-state index >= 15 is 0 Å². The topological polar surface area (TPSA) is 55.4 Å². The van der Waals surface area contributed by atoms with Gasteiger partial charge in [-0.3, -0.25) is 4.79 Å². The summed E-state index contributed by atoms with van der Waals surface area (Å²) >= 11 is 0. The second kappa shape index (κ2) is 8.14. The lowest BCUT2D eigenvalue weighted by Gasteiger charge is -2.57. The highest BCUT2D eigenvalue weighted by Gasteiger charge is 2.51. The maximum absolute atomic E-state index is 12.7. The van der Waals surface area contributed by atoms with Crippen molar-refractivity contribution in [3.63, 3.8) is 0 Å². The van der Waals surface area contributed by atoms with Crippen LogP contribution in [0.2, 0.25) is 0 Å². The minimum atomic E-state index is -0.333. The molecule has 4 aliphatic rings. The highest BCUT2D eigenvalue weighted by Crippen LogP contribution is 2.60. The molecule has 162 valence electrons. The monoisotopic (exact) mass is 417 g/mol. The Labute approximate surface area is 184 Å². The van der Waals surface area contributed by atoms with Gasteiger partial charge in [-0.2, -0.15) is 0 Å². The summed E-state index contributed by atoms with van der Waals surface area (Å²) in [6.07, 6.45) is 9.10. The third kappa shape index (κ3) is 4.00. The van der Waals surface area contributed by atoms with Gasteiger partial charge >= 0.3 is 5.97 Å². The van der Waals surface area contributed by atoms with E-state index < -0.39 is 0 Å². The summed E-state index contributed by atoms with van der Waals surface area (Å²) in [6, 6.07) is 15.2. The molecule has 0 heterocycles. The molecule has 2 aromatic rings. The fourth-order valence-corrected chi connectivity index (χ4v) is 6.61. The number of rotatable bonds is 6. The molecule has 4 bridgehead atoms.